The molecule has 1 aromatic heterocycles. The third kappa shape index (κ3) is 2.75. The number of aliphatic hydroxyl groups excluding tert-OH is 1. The lowest BCUT2D eigenvalue weighted by Crippen LogP contribution is -2.08. The molecule has 0 saturated heterocycles. The summed E-state index contributed by atoms with van der Waals surface area (Å²) in [6, 6.07) is 8.05. The zero-order valence-electron chi connectivity index (χ0n) is 10.5. The van der Waals surface area contributed by atoms with Crippen molar-refractivity contribution in [1.29, 1.82) is 0 Å². The van der Waals surface area contributed by atoms with E-state index < -0.39 is 0 Å². The summed E-state index contributed by atoms with van der Waals surface area (Å²) in [5.41, 5.74) is 2.14. The van der Waals surface area contributed by atoms with Gasteiger partial charge in [0.05, 0.1) is 6.21 Å². The Morgan fingerprint density at radius 1 is 1.33 bits per heavy atom. The minimum Gasteiger partial charge on any atom is -0.388 e. The average molecular weight is 244 g/mol. The molecule has 5 heteroatoms. The molecule has 0 amide bonds. The fourth-order valence-corrected chi connectivity index (χ4v) is 1.53. The molecule has 0 unspecified atom stereocenters. The van der Waals surface area contributed by atoms with E-state index in [2.05, 4.69) is 10.1 Å². The Labute approximate surface area is 106 Å². The van der Waals surface area contributed by atoms with Gasteiger partial charge in [-0.15, -0.1) is 0 Å². The molecule has 18 heavy (non-hydrogen) atoms. The van der Waals surface area contributed by atoms with Gasteiger partial charge in [-0.05, 0) is 17.7 Å². The van der Waals surface area contributed by atoms with Gasteiger partial charge in [-0.2, -0.15) is 5.10 Å². The van der Waals surface area contributed by atoms with E-state index in [1.165, 1.54) is 0 Å². The van der Waals surface area contributed by atoms with Crippen LogP contribution in [0.25, 0.3) is 0 Å². The number of anilines is 1. The van der Waals surface area contributed by atoms with E-state index in [4.69, 9.17) is 5.11 Å². The number of aliphatic hydroxyl groups is 1. The number of benzene rings is 1. The molecule has 0 atom stereocenters. The van der Waals surface area contributed by atoms with Crippen LogP contribution in [0.1, 0.15) is 11.4 Å². The molecule has 0 bridgehead atoms. The molecule has 0 saturated carbocycles. The molecule has 0 aliphatic carbocycles. The van der Waals surface area contributed by atoms with Crippen LogP contribution >= 0.6 is 0 Å². The van der Waals surface area contributed by atoms with Crippen LogP contribution in [0.3, 0.4) is 0 Å². The van der Waals surface area contributed by atoms with Crippen LogP contribution in [0.4, 0.5) is 5.69 Å². The first-order valence-corrected chi connectivity index (χ1v) is 5.65. The summed E-state index contributed by atoms with van der Waals surface area (Å²) < 4.78 is 1.56. The number of rotatable bonds is 4. The van der Waals surface area contributed by atoms with E-state index >= 15 is 0 Å². The molecule has 1 heterocycles. The maximum Gasteiger partial charge on any atom is 0.155 e. The fraction of sp³-hybridized carbons (Fsp3) is 0.231. The maximum atomic E-state index is 9.04. The first-order chi connectivity index (χ1) is 8.70. The van der Waals surface area contributed by atoms with Crippen LogP contribution in [-0.2, 0) is 6.61 Å². The predicted molar refractivity (Wildman–Crippen MR) is 71.9 cm³/mol. The Balaban J connectivity index is 2.14. The van der Waals surface area contributed by atoms with Gasteiger partial charge >= 0.3 is 0 Å². The van der Waals surface area contributed by atoms with Crippen molar-refractivity contribution in [2.45, 2.75) is 6.61 Å². The highest BCUT2D eigenvalue weighted by molar-refractivity contribution is 5.80. The van der Waals surface area contributed by atoms with Gasteiger partial charge in [0.15, 0.2) is 5.82 Å². The van der Waals surface area contributed by atoms with E-state index in [0.717, 1.165) is 11.3 Å². The minimum atomic E-state index is -0.121. The molecule has 5 nitrogen and oxygen atoms in total. The van der Waals surface area contributed by atoms with Gasteiger partial charge in [0.2, 0.25) is 0 Å². The van der Waals surface area contributed by atoms with Gasteiger partial charge < -0.3 is 10.0 Å². The van der Waals surface area contributed by atoms with E-state index in [9.17, 15) is 0 Å². The lowest BCUT2D eigenvalue weighted by molar-refractivity contribution is 0.267. The SMILES string of the molecule is CN(C)c1ccc(/C=N/n2ccnc2CO)cc1. The molecule has 0 spiro atoms. The fourth-order valence-electron chi connectivity index (χ4n) is 1.53. The van der Waals surface area contributed by atoms with Crippen LogP contribution in [0.15, 0.2) is 41.8 Å². The van der Waals surface area contributed by atoms with Gasteiger partial charge in [-0.25, -0.2) is 9.66 Å². The van der Waals surface area contributed by atoms with E-state index in [-0.39, 0.29) is 6.61 Å². The molecule has 0 fully saturated rings. The topological polar surface area (TPSA) is 53.7 Å². The molecule has 1 N–H and O–H groups in total. The zero-order valence-corrected chi connectivity index (χ0v) is 10.5. The first kappa shape index (κ1) is 12.3. The predicted octanol–water partition coefficient (Wildman–Crippen LogP) is 1.32. The lowest BCUT2D eigenvalue weighted by atomic mass is 10.2. The molecule has 0 aliphatic heterocycles. The Morgan fingerprint density at radius 2 is 2.06 bits per heavy atom. The molecule has 94 valence electrons. The van der Waals surface area contributed by atoms with Crippen molar-refractivity contribution >= 4 is 11.9 Å². The van der Waals surface area contributed by atoms with Crippen molar-refractivity contribution in [1.82, 2.24) is 9.66 Å². The highest BCUT2D eigenvalue weighted by atomic mass is 16.3. The van der Waals surface area contributed by atoms with Crippen LogP contribution in [0.2, 0.25) is 0 Å². The zero-order chi connectivity index (χ0) is 13.0. The second kappa shape index (κ2) is 5.46. The highest BCUT2D eigenvalue weighted by Gasteiger charge is 1.98. The van der Waals surface area contributed by atoms with Gasteiger partial charge in [-0.3, -0.25) is 0 Å². The summed E-state index contributed by atoms with van der Waals surface area (Å²) in [5.74, 6) is 0.524. The van der Waals surface area contributed by atoms with Crippen LogP contribution in [0, 0.1) is 0 Å². The van der Waals surface area contributed by atoms with E-state index in [1.807, 2.05) is 43.3 Å². The summed E-state index contributed by atoms with van der Waals surface area (Å²) in [6.45, 7) is -0.121. The van der Waals surface area contributed by atoms with Crippen LogP contribution in [0.5, 0.6) is 0 Å². The number of hydrogen-bond acceptors (Lipinski definition) is 4. The highest BCUT2D eigenvalue weighted by Crippen LogP contribution is 2.11. The second-order valence-corrected chi connectivity index (χ2v) is 4.08. The third-order valence-electron chi connectivity index (χ3n) is 2.58. The number of aromatic nitrogens is 2. The first-order valence-electron chi connectivity index (χ1n) is 5.65. The molecule has 1 aromatic carbocycles. The van der Waals surface area contributed by atoms with Crippen LogP contribution in [-0.4, -0.2) is 35.1 Å². The molecular formula is C13H16N4O. The largest absolute Gasteiger partial charge is 0.388 e. The quantitative estimate of drug-likeness (QED) is 0.825. The number of hydrogen-bond donors (Lipinski definition) is 1. The van der Waals surface area contributed by atoms with Crippen molar-refractivity contribution in [2.24, 2.45) is 5.10 Å². The molecular weight excluding hydrogens is 228 g/mol. The molecule has 2 rings (SSSR count). The Hall–Kier alpha value is -2.14. The van der Waals surface area contributed by atoms with Gasteiger partial charge in [0.1, 0.15) is 6.61 Å². The Morgan fingerprint density at radius 3 is 2.67 bits per heavy atom. The van der Waals surface area contributed by atoms with Gasteiger partial charge in [0.25, 0.3) is 0 Å². The lowest BCUT2D eigenvalue weighted by Gasteiger charge is -2.11. The third-order valence-corrected chi connectivity index (χ3v) is 2.58. The summed E-state index contributed by atoms with van der Waals surface area (Å²) in [5, 5.41) is 13.3. The Bertz CT molecular complexity index is 528. The maximum absolute atomic E-state index is 9.04. The second-order valence-electron chi connectivity index (χ2n) is 4.08. The molecule has 0 aliphatic rings. The monoisotopic (exact) mass is 244 g/mol. The average Bonchev–Trinajstić information content (AvgIpc) is 2.84. The summed E-state index contributed by atoms with van der Waals surface area (Å²) in [7, 11) is 4.00. The van der Waals surface area contributed by atoms with Crippen molar-refractivity contribution in [3.63, 3.8) is 0 Å². The van der Waals surface area contributed by atoms with E-state index in [0.29, 0.717) is 5.82 Å². The summed E-state index contributed by atoms with van der Waals surface area (Å²) in [6.07, 6.45) is 5.05. The Kier molecular flexibility index (Phi) is 3.74. The smallest absolute Gasteiger partial charge is 0.155 e. The molecule has 0 radical (unpaired) electrons. The molecule has 2 aromatic rings. The van der Waals surface area contributed by atoms with Crippen molar-refractivity contribution in [3.8, 4) is 0 Å². The van der Waals surface area contributed by atoms with Gasteiger partial charge in [-0.1, -0.05) is 12.1 Å². The summed E-state index contributed by atoms with van der Waals surface area (Å²) in [4.78, 5) is 6.02. The van der Waals surface area contributed by atoms with E-state index in [1.54, 1.807) is 23.3 Å². The van der Waals surface area contributed by atoms with Crippen molar-refractivity contribution in [3.05, 3.63) is 48.0 Å². The number of imidazole rings is 1. The minimum absolute atomic E-state index is 0.121. The number of nitrogens with zero attached hydrogens (tertiary/aromatic N) is 4. The summed E-state index contributed by atoms with van der Waals surface area (Å²) >= 11 is 0. The van der Waals surface area contributed by atoms with Crippen LogP contribution < -0.4 is 4.90 Å². The van der Waals surface area contributed by atoms with Gasteiger partial charge in [0, 0.05) is 32.2 Å². The normalized spacial score (nSPS) is 11.1. The van der Waals surface area contributed by atoms with Crippen molar-refractivity contribution in [2.75, 3.05) is 19.0 Å². The van der Waals surface area contributed by atoms with Crippen molar-refractivity contribution < 1.29 is 5.11 Å². The standard InChI is InChI=1S/C13H16N4O/c1-16(2)12-5-3-11(4-6-12)9-15-17-8-7-14-13(17)10-18/h3-9,18H,10H2,1-2H3/b15-9+.